The maximum atomic E-state index is 4.34. The molecule has 0 atom stereocenters. The first-order valence-corrected chi connectivity index (χ1v) is 7.80. The van der Waals surface area contributed by atoms with E-state index in [4.69, 9.17) is 0 Å². The average molecular weight is 299 g/mol. The van der Waals surface area contributed by atoms with E-state index in [0.29, 0.717) is 0 Å². The van der Waals surface area contributed by atoms with Crippen LogP contribution in [0.3, 0.4) is 0 Å². The van der Waals surface area contributed by atoms with Crippen LogP contribution in [-0.4, -0.2) is 28.0 Å². The van der Waals surface area contributed by atoms with Crippen LogP contribution < -0.4 is 10.6 Å². The number of aromatic nitrogens is 3. The fourth-order valence-electron chi connectivity index (χ4n) is 2.06. The van der Waals surface area contributed by atoms with Crippen LogP contribution in [-0.2, 0) is 6.42 Å². The summed E-state index contributed by atoms with van der Waals surface area (Å²) in [6.45, 7) is 3.72. The lowest BCUT2D eigenvalue weighted by Crippen LogP contribution is -2.15. The monoisotopic (exact) mass is 299 g/mol. The van der Waals surface area contributed by atoms with Gasteiger partial charge in [-0.1, -0.05) is 13.0 Å². The molecule has 0 unspecified atom stereocenters. The zero-order valence-corrected chi connectivity index (χ0v) is 12.7. The van der Waals surface area contributed by atoms with Crippen LogP contribution in [0.5, 0.6) is 0 Å². The molecule has 108 valence electrons. The number of rotatable bonds is 6. The van der Waals surface area contributed by atoms with E-state index < -0.39 is 0 Å². The Morgan fingerprint density at radius 2 is 2.00 bits per heavy atom. The number of fused-ring (bicyclic) bond motifs is 1. The van der Waals surface area contributed by atoms with Crippen molar-refractivity contribution >= 4 is 33.2 Å². The second kappa shape index (κ2) is 6.49. The molecular formula is C15H17N5S. The van der Waals surface area contributed by atoms with Gasteiger partial charge in [0, 0.05) is 24.2 Å². The van der Waals surface area contributed by atoms with Gasteiger partial charge < -0.3 is 10.6 Å². The molecule has 0 aromatic carbocycles. The Morgan fingerprint density at radius 1 is 1.10 bits per heavy atom. The molecule has 21 heavy (non-hydrogen) atoms. The lowest BCUT2D eigenvalue weighted by molar-refractivity contribution is 1.04. The van der Waals surface area contributed by atoms with Crippen LogP contribution in [0.2, 0.25) is 0 Å². The first-order valence-electron chi connectivity index (χ1n) is 6.99. The number of thiophene rings is 1. The van der Waals surface area contributed by atoms with Crippen LogP contribution in [0.1, 0.15) is 11.8 Å². The summed E-state index contributed by atoms with van der Waals surface area (Å²) in [4.78, 5) is 15.3. The summed E-state index contributed by atoms with van der Waals surface area (Å²) in [7, 11) is 0. The summed E-state index contributed by atoms with van der Waals surface area (Å²) in [5.74, 6) is 1.79. The first-order chi connectivity index (χ1) is 10.4. The highest BCUT2D eigenvalue weighted by Gasteiger charge is 2.07. The smallest absolute Gasteiger partial charge is 0.138 e. The van der Waals surface area contributed by atoms with E-state index >= 15 is 0 Å². The summed E-state index contributed by atoms with van der Waals surface area (Å²) < 4.78 is 0. The predicted molar refractivity (Wildman–Crippen MR) is 88.0 cm³/mol. The van der Waals surface area contributed by atoms with Gasteiger partial charge in [-0.2, -0.15) is 0 Å². The van der Waals surface area contributed by atoms with Gasteiger partial charge in [-0.15, -0.1) is 11.3 Å². The van der Waals surface area contributed by atoms with E-state index in [1.165, 1.54) is 4.88 Å². The van der Waals surface area contributed by atoms with E-state index in [1.807, 2.05) is 18.2 Å². The van der Waals surface area contributed by atoms with Gasteiger partial charge in [-0.3, -0.25) is 0 Å². The number of aryl methyl sites for hydroxylation is 1. The van der Waals surface area contributed by atoms with Crippen molar-refractivity contribution in [1.82, 2.24) is 15.0 Å². The minimum atomic E-state index is 0.778. The number of anilines is 2. The summed E-state index contributed by atoms with van der Waals surface area (Å²) in [6, 6.07) is 8.00. The third kappa shape index (κ3) is 3.28. The fourth-order valence-corrected chi connectivity index (χ4v) is 2.99. The van der Waals surface area contributed by atoms with Crippen molar-refractivity contribution in [3.8, 4) is 0 Å². The van der Waals surface area contributed by atoms with Crippen LogP contribution >= 0.6 is 11.3 Å². The van der Waals surface area contributed by atoms with Crippen molar-refractivity contribution < 1.29 is 0 Å². The molecule has 0 amide bonds. The highest BCUT2D eigenvalue weighted by molar-refractivity contribution is 7.18. The van der Waals surface area contributed by atoms with Gasteiger partial charge >= 0.3 is 0 Å². The maximum Gasteiger partial charge on any atom is 0.138 e. The Hall–Kier alpha value is -2.21. The standard InChI is InChI=1S/C15H17N5S/c1-2-11-9-12-14(19-10-20-15(12)21-11)18-8-7-17-13-5-3-4-6-16-13/h3-6,9-10H,2,7-8H2,1H3,(H,16,17)(H,18,19,20). The van der Waals surface area contributed by atoms with Crippen molar-refractivity contribution in [2.24, 2.45) is 0 Å². The predicted octanol–water partition coefficient (Wildman–Crippen LogP) is 3.17. The molecule has 2 N–H and O–H groups in total. The minimum Gasteiger partial charge on any atom is -0.368 e. The quantitative estimate of drug-likeness (QED) is 0.685. The third-order valence-electron chi connectivity index (χ3n) is 3.12. The summed E-state index contributed by atoms with van der Waals surface area (Å²) >= 11 is 1.73. The van der Waals surface area contributed by atoms with Crippen LogP contribution in [0.25, 0.3) is 10.2 Å². The Morgan fingerprint density at radius 3 is 2.81 bits per heavy atom. The van der Waals surface area contributed by atoms with E-state index in [9.17, 15) is 0 Å². The normalized spacial score (nSPS) is 10.7. The largest absolute Gasteiger partial charge is 0.368 e. The Labute approximate surface area is 127 Å². The minimum absolute atomic E-state index is 0.778. The highest BCUT2D eigenvalue weighted by atomic mass is 32.1. The maximum absolute atomic E-state index is 4.34. The lowest BCUT2D eigenvalue weighted by atomic mass is 10.3. The summed E-state index contributed by atoms with van der Waals surface area (Å²) in [5, 5.41) is 7.73. The molecule has 0 aliphatic rings. The number of nitrogens with one attached hydrogen (secondary N) is 2. The van der Waals surface area contributed by atoms with E-state index in [1.54, 1.807) is 23.9 Å². The zero-order chi connectivity index (χ0) is 14.5. The highest BCUT2D eigenvalue weighted by Crippen LogP contribution is 2.28. The van der Waals surface area contributed by atoms with Gasteiger partial charge in [0.2, 0.25) is 0 Å². The van der Waals surface area contributed by atoms with Gasteiger partial charge in [0.1, 0.15) is 22.8 Å². The second-order valence-corrected chi connectivity index (χ2v) is 5.69. The number of nitrogens with zero attached hydrogens (tertiary/aromatic N) is 3. The molecular weight excluding hydrogens is 282 g/mol. The molecule has 0 saturated carbocycles. The van der Waals surface area contributed by atoms with E-state index in [2.05, 4.69) is 38.6 Å². The van der Waals surface area contributed by atoms with Crippen molar-refractivity contribution in [2.75, 3.05) is 23.7 Å². The van der Waals surface area contributed by atoms with Gasteiger partial charge in [-0.25, -0.2) is 15.0 Å². The Kier molecular flexibility index (Phi) is 4.25. The molecule has 0 spiro atoms. The topological polar surface area (TPSA) is 62.7 Å². The van der Waals surface area contributed by atoms with Gasteiger partial charge in [-0.05, 0) is 24.6 Å². The molecule has 0 aliphatic carbocycles. The molecule has 0 saturated heterocycles. The average Bonchev–Trinajstić information content (AvgIpc) is 2.96. The molecule has 3 rings (SSSR count). The van der Waals surface area contributed by atoms with Gasteiger partial charge in [0.05, 0.1) is 5.39 Å². The number of pyridine rings is 1. The van der Waals surface area contributed by atoms with Crippen molar-refractivity contribution in [3.05, 3.63) is 41.7 Å². The Bertz CT molecular complexity index is 710. The van der Waals surface area contributed by atoms with Gasteiger partial charge in [0.15, 0.2) is 0 Å². The van der Waals surface area contributed by atoms with E-state index in [0.717, 1.165) is 41.4 Å². The molecule has 3 aromatic heterocycles. The third-order valence-corrected chi connectivity index (χ3v) is 4.30. The zero-order valence-electron chi connectivity index (χ0n) is 11.8. The molecule has 0 aliphatic heterocycles. The molecule has 3 heterocycles. The SMILES string of the molecule is CCc1cc2c(NCCNc3ccccn3)ncnc2s1. The van der Waals surface area contributed by atoms with Crippen LogP contribution in [0.4, 0.5) is 11.6 Å². The lowest BCUT2D eigenvalue weighted by Gasteiger charge is -2.08. The molecule has 0 fully saturated rings. The molecule has 6 heteroatoms. The molecule has 0 radical (unpaired) electrons. The summed E-state index contributed by atoms with van der Waals surface area (Å²) in [6.07, 6.45) is 4.43. The van der Waals surface area contributed by atoms with Crippen molar-refractivity contribution in [1.29, 1.82) is 0 Å². The molecule has 0 bridgehead atoms. The fraction of sp³-hybridized carbons (Fsp3) is 0.267. The van der Waals surface area contributed by atoms with Gasteiger partial charge in [0.25, 0.3) is 0 Å². The first kappa shape index (κ1) is 13.8. The van der Waals surface area contributed by atoms with Crippen LogP contribution in [0, 0.1) is 0 Å². The summed E-state index contributed by atoms with van der Waals surface area (Å²) in [5.41, 5.74) is 0. The molecule has 3 aromatic rings. The van der Waals surface area contributed by atoms with E-state index in [-0.39, 0.29) is 0 Å². The number of hydrogen-bond acceptors (Lipinski definition) is 6. The number of hydrogen-bond donors (Lipinski definition) is 2. The van der Waals surface area contributed by atoms with Crippen LogP contribution in [0.15, 0.2) is 36.8 Å². The van der Waals surface area contributed by atoms with Crippen molar-refractivity contribution in [3.63, 3.8) is 0 Å². The second-order valence-electron chi connectivity index (χ2n) is 4.58. The van der Waals surface area contributed by atoms with Crippen molar-refractivity contribution in [2.45, 2.75) is 13.3 Å². The molecule has 5 nitrogen and oxygen atoms in total. The Balaban J connectivity index is 1.61.